The molecule has 1 atom stereocenters. The third kappa shape index (κ3) is 2.46. The van der Waals surface area contributed by atoms with Crippen molar-refractivity contribution in [2.75, 3.05) is 24.2 Å². The summed E-state index contributed by atoms with van der Waals surface area (Å²) in [5.74, 6) is 0. The Hall–Kier alpha value is -1.85. The maximum absolute atomic E-state index is 9.31. The van der Waals surface area contributed by atoms with Gasteiger partial charge in [0.2, 0.25) is 0 Å². The number of pyridine rings is 1. The zero-order valence-electron chi connectivity index (χ0n) is 9.30. The summed E-state index contributed by atoms with van der Waals surface area (Å²) in [5, 5.41) is 22.0. The van der Waals surface area contributed by atoms with Crippen LogP contribution in [-0.2, 0) is 0 Å². The topological polar surface area (TPSA) is 91.4 Å². The number of nitrogen functional groups attached to an aromatic ring is 1. The van der Waals surface area contributed by atoms with Gasteiger partial charge in [0.15, 0.2) is 0 Å². The molecule has 5 N–H and O–H groups in total. The molecule has 0 saturated carbocycles. The highest BCUT2D eigenvalue weighted by molar-refractivity contribution is 5.96. The van der Waals surface area contributed by atoms with Crippen LogP contribution in [0, 0.1) is 0 Å². The fourth-order valence-corrected chi connectivity index (χ4v) is 1.64. The first-order chi connectivity index (χ1) is 8.22. The number of nitrogens with one attached hydrogen (secondary N) is 1. The molecule has 5 heteroatoms. The molecule has 90 valence electrons. The van der Waals surface area contributed by atoms with Gasteiger partial charge in [-0.25, -0.2) is 0 Å². The van der Waals surface area contributed by atoms with Crippen LogP contribution in [0.5, 0.6) is 0 Å². The van der Waals surface area contributed by atoms with Crippen molar-refractivity contribution in [1.29, 1.82) is 0 Å². The monoisotopic (exact) mass is 233 g/mol. The SMILES string of the molecule is Nc1cnc2ccccc2c1NCC(O)CO. The lowest BCUT2D eigenvalue weighted by atomic mass is 10.1. The Kier molecular flexibility index (Phi) is 3.41. The first-order valence-electron chi connectivity index (χ1n) is 5.38. The lowest BCUT2D eigenvalue weighted by molar-refractivity contribution is 0.105. The second-order valence-corrected chi connectivity index (χ2v) is 3.82. The van der Waals surface area contributed by atoms with Gasteiger partial charge >= 0.3 is 0 Å². The van der Waals surface area contributed by atoms with Gasteiger partial charge < -0.3 is 21.3 Å². The number of anilines is 2. The predicted molar refractivity (Wildman–Crippen MR) is 67.7 cm³/mol. The Labute approximate surface area is 98.9 Å². The number of benzene rings is 1. The highest BCUT2D eigenvalue weighted by atomic mass is 16.3. The second kappa shape index (κ2) is 4.99. The molecule has 0 bridgehead atoms. The van der Waals surface area contributed by atoms with Gasteiger partial charge in [-0.2, -0.15) is 0 Å². The Morgan fingerprint density at radius 1 is 1.35 bits per heavy atom. The number of nitrogens with two attached hydrogens (primary N) is 1. The van der Waals surface area contributed by atoms with Gasteiger partial charge in [-0.15, -0.1) is 0 Å². The number of fused-ring (bicyclic) bond motifs is 1. The standard InChI is InChI=1S/C12H15N3O2/c13-10-6-14-11-4-2-1-3-9(11)12(10)15-5-8(17)7-16/h1-4,6,8,16-17H,5,7,13H2,(H,14,15). The molecular formula is C12H15N3O2. The van der Waals surface area contributed by atoms with E-state index < -0.39 is 6.10 Å². The molecule has 17 heavy (non-hydrogen) atoms. The molecule has 0 fully saturated rings. The number of hydrogen-bond donors (Lipinski definition) is 4. The molecule has 1 unspecified atom stereocenters. The van der Waals surface area contributed by atoms with Crippen molar-refractivity contribution in [1.82, 2.24) is 4.98 Å². The van der Waals surface area contributed by atoms with Crippen LogP contribution < -0.4 is 11.1 Å². The van der Waals surface area contributed by atoms with E-state index >= 15 is 0 Å². The van der Waals surface area contributed by atoms with Crippen LogP contribution in [0.3, 0.4) is 0 Å². The van der Waals surface area contributed by atoms with Crippen LogP contribution in [0.15, 0.2) is 30.5 Å². The molecule has 0 aliphatic heterocycles. The fraction of sp³-hybridized carbons (Fsp3) is 0.250. The molecule has 1 aromatic carbocycles. The normalized spacial score (nSPS) is 12.6. The number of aromatic nitrogens is 1. The summed E-state index contributed by atoms with van der Waals surface area (Å²) in [5.41, 5.74) is 7.94. The largest absolute Gasteiger partial charge is 0.396 e. The van der Waals surface area contributed by atoms with E-state index in [1.165, 1.54) is 0 Å². The minimum atomic E-state index is -0.804. The molecule has 1 aromatic heterocycles. The van der Waals surface area contributed by atoms with Crippen LogP contribution in [0.2, 0.25) is 0 Å². The highest BCUT2D eigenvalue weighted by Gasteiger charge is 2.08. The molecule has 2 rings (SSSR count). The third-order valence-corrected chi connectivity index (χ3v) is 2.53. The van der Waals surface area contributed by atoms with Gasteiger partial charge in [-0.3, -0.25) is 4.98 Å². The van der Waals surface area contributed by atoms with Crippen molar-refractivity contribution in [3.63, 3.8) is 0 Å². The molecule has 0 saturated heterocycles. The summed E-state index contributed by atoms with van der Waals surface area (Å²) in [4.78, 5) is 4.21. The van der Waals surface area contributed by atoms with Crippen LogP contribution in [0.25, 0.3) is 10.9 Å². The van der Waals surface area contributed by atoms with Crippen LogP contribution >= 0.6 is 0 Å². The second-order valence-electron chi connectivity index (χ2n) is 3.82. The Bertz CT molecular complexity index is 516. The van der Waals surface area contributed by atoms with E-state index in [9.17, 15) is 5.11 Å². The number of rotatable bonds is 4. The summed E-state index contributed by atoms with van der Waals surface area (Å²) in [6, 6.07) is 7.60. The van der Waals surface area contributed by atoms with E-state index in [1.54, 1.807) is 6.20 Å². The van der Waals surface area contributed by atoms with Crippen molar-refractivity contribution < 1.29 is 10.2 Å². The summed E-state index contributed by atoms with van der Waals surface area (Å²) >= 11 is 0. The third-order valence-electron chi connectivity index (χ3n) is 2.53. The maximum Gasteiger partial charge on any atom is 0.0942 e. The van der Waals surface area contributed by atoms with E-state index in [4.69, 9.17) is 10.8 Å². The highest BCUT2D eigenvalue weighted by Crippen LogP contribution is 2.27. The van der Waals surface area contributed by atoms with Gasteiger partial charge in [-0.1, -0.05) is 18.2 Å². The first-order valence-corrected chi connectivity index (χ1v) is 5.38. The van der Waals surface area contributed by atoms with Crippen molar-refractivity contribution >= 4 is 22.3 Å². The maximum atomic E-state index is 9.31. The number of para-hydroxylation sites is 1. The van der Waals surface area contributed by atoms with Crippen molar-refractivity contribution in [3.8, 4) is 0 Å². The molecule has 0 spiro atoms. The summed E-state index contributed by atoms with van der Waals surface area (Å²) in [6.07, 6.45) is 0.775. The molecule has 0 aliphatic carbocycles. The molecule has 1 heterocycles. The Balaban J connectivity index is 2.34. The van der Waals surface area contributed by atoms with Crippen LogP contribution in [-0.4, -0.2) is 34.5 Å². The minimum absolute atomic E-state index is 0.245. The van der Waals surface area contributed by atoms with Gasteiger partial charge in [-0.05, 0) is 6.07 Å². The number of aliphatic hydroxyl groups excluding tert-OH is 2. The van der Waals surface area contributed by atoms with Crippen LogP contribution in [0.1, 0.15) is 0 Å². The zero-order valence-corrected chi connectivity index (χ0v) is 9.30. The number of hydrogen-bond acceptors (Lipinski definition) is 5. The fourth-order valence-electron chi connectivity index (χ4n) is 1.64. The van der Waals surface area contributed by atoms with Gasteiger partial charge in [0.05, 0.1) is 35.8 Å². The van der Waals surface area contributed by atoms with Crippen molar-refractivity contribution in [2.24, 2.45) is 0 Å². The van der Waals surface area contributed by atoms with E-state index in [-0.39, 0.29) is 13.2 Å². The smallest absolute Gasteiger partial charge is 0.0942 e. The first kappa shape index (κ1) is 11.6. The molecule has 2 aromatic rings. The van der Waals surface area contributed by atoms with Crippen LogP contribution in [0.4, 0.5) is 11.4 Å². The lowest BCUT2D eigenvalue weighted by Gasteiger charge is -2.14. The molecule has 0 aliphatic rings. The minimum Gasteiger partial charge on any atom is -0.396 e. The average molecular weight is 233 g/mol. The number of nitrogens with zero attached hydrogens (tertiary/aromatic N) is 1. The molecular weight excluding hydrogens is 218 g/mol. The molecule has 0 amide bonds. The van der Waals surface area contributed by atoms with Gasteiger partial charge in [0.25, 0.3) is 0 Å². The number of aliphatic hydroxyl groups is 2. The summed E-state index contributed by atoms with van der Waals surface area (Å²) < 4.78 is 0. The molecule has 5 nitrogen and oxygen atoms in total. The van der Waals surface area contributed by atoms with E-state index in [0.29, 0.717) is 5.69 Å². The summed E-state index contributed by atoms with van der Waals surface area (Å²) in [6.45, 7) is -0.0371. The van der Waals surface area contributed by atoms with E-state index in [1.807, 2.05) is 24.3 Å². The Morgan fingerprint density at radius 3 is 2.88 bits per heavy atom. The molecule has 0 radical (unpaired) electrons. The van der Waals surface area contributed by atoms with Crippen molar-refractivity contribution in [3.05, 3.63) is 30.5 Å². The van der Waals surface area contributed by atoms with Gasteiger partial charge in [0.1, 0.15) is 0 Å². The van der Waals surface area contributed by atoms with E-state index in [2.05, 4.69) is 10.3 Å². The Morgan fingerprint density at radius 2 is 2.12 bits per heavy atom. The van der Waals surface area contributed by atoms with Crippen molar-refractivity contribution in [2.45, 2.75) is 6.10 Å². The quantitative estimate of drug-likeness (QED) is 0.620. The van der Waals surface area contributed by atoms with Gasteiger partial charge in [0, 0.05) is 11.9 Å². The predicted octanol–water partition coefficient (Wildman–Crippen LogP) is 0.582. The lowest BCUT2D eigenvalue weighted by Crippen LogP contribution is -2.23. The van der Waals surface area contributed by atoms with E-state index in [0.717, 1.165) is 16.6 Å². The average Bonchev–Trinajstić information content (AvgIpc) is 2.37. The summed E-state index contributed by atoms with van der Waals surface area (Å²) in [7, 11) is 0. The zero-order chi connectivity index (χ0) is 12.3.